The highest BCUT2D eigenvalue weighted by Gasteiger charge is 2.32. The third-order valence-electron chi connectivity index (χ3n) is 5.34. The molecule has 0 saturated carbocycles. The van der Waals surface area contributed by atoms with Crippen molar-refractivity contribution < 1.29 is 19.4 Å². The number of ether oxygens (including phenoxy) is 2. The first kappa shape index (κ1) is 20.6. The number of carbonyl (C=O) groups excluding carboxylic acids is 1. The Morgan fingerprint density at radius 1 is 1.20 bits per heavy atom. The average molecular weight is 412 g/mol. The van der Waals surface area contributed by atoms with Crippen LogP contribution in [0.3, 0.4) is 0 Å². The molecule has 2 aromatic rings. The number of aromatic nitrogens is 2. The zero-order valence-corrected chi connectivity index (χ0v) is 17.5. The second-order valence-electron chi connectivity index (χ2n) is 8.42. The van der Waals surface area contributed by atoms with E-state index in [1.54, 1.807) is 30.6 Å². The van der Waals surface area contributed by atoms with Crippen molar-refractivity contribution in [2.75, 3.05) is 44.2 Å². The van der Waals surface area contributed by atoms with Crippen molar-refractivity contribution >= 4 is 11.7 Å². The third-order valence-corrected chi connectivity index (χ3v) is 5.34. The first-order chi connectivity index (χ1) is 14.4. The molecule has 0 amide bonds. The van der Waals surface area contributed by atoms with Crippen LogP contribution in [0.5, 0.6) is 11.5 Å². The van der Waals surface area contributed by atoms with E-state index in [1.165, 1.54) is 0 Å². The molecule has 1 fully saturated rings. The average Bonchev–Trinajstić information content (AvgIpc) is 2.72. The van der Waals surface area contributed by atoms with E-state index in [0.29, 0.717) is 30.0 Å². The molecule has 0 bridgehead atoms. The summed E-state index contributed by atoms with van der Waals surface area (Å²) < 4.78 is 11.7. The van der Waals surface area contributed by atoms with Gasteiger partial charge in [0, 0.05) is 51.2 Å². The Labute approximate surface area is 176 Å². The monoisotopic (exact) mass is 412 g/mol. The van der Waals surface area contributed by atoms with Gasteiger partial charge in [0.25, 0.3) is 0 Å². The maximum Gasteiger partial charge on any atom is 0.225 e. The molecule has 0 aliphatic carbocycles. The summed E-state index contributed by atoms with van der Waals surface area (Å²) in [4.78, 5) is 25.2. The van der Waals surface area contributed by atoms with Gasteiger partial charge in [0.1, 0.15) is 29.8 Å². The topological polar surface area (TPSA) is 88.0 Å². The van der Waals surface area contributed by atoms with Crippen LogP contribution in [0.4, 0.5) is 5.95 Å². The number of aliphatic hydroxyl groups excluding tert-OH is 1. The standard InChI is InChI=1S/C22H28N4O4/c1-22(2)13-19(28)18-5-4-17(12-20(18)30-22)29-15-16(27)14-25-8-10-26(11-9-25)21-23-6-3-7-24-21/h3-7,12,16,27H,8-11,13-15H2,1-2H3. The quantitative estimate of drug-likeness (QED) is 0.768. The van der Waals surface area contributed by atoms with Crippen molar-refractivity contribution in [3.63, 3.8) is 0 Å². The van der Waals surface area contributed by atoms with E-state index < -0.39 is 11.7 Å². The summed E-state index contributed by atoms with van der Waals surface area (Å²) in [5.41, 5.74) is 0.0669. The van der Waals surface area contributed by atoms with Gasteiger partial charge in [0.05, 0.1) is 12.0 Å². The minimum atomic E-state index is -0.612. The van der Waals surface area contributed by atoms with Crippen molar-refractivity contribution in [2.45, 2.75) is 32.0 Å². The molecule has 1 aromatic carbocycles. The number of benzene rings is 1. The Hall–Kier alpha value is -2.71. The van der Waals surface area contributed by atoms with Gasteiger partial charge in [-0.3, -0.25) is 9.69 Å². The summed E-state index contributed by atoms with van der Waals surface area (Å²) >= 11 is 0. The van der Waals surface area contributed by atoms with Gasteiger partial charge in [-0.1, -0.05) is 0 Å². The summed E-state index contributed by atoms with van der Waals surface area (Å²) in [6.07, 6.45) is 3.25. The predicted octanol–water partition coefficient (Wildman–Crippen LogP) is 1.78. The van der Waals surface area contributed by atoms with E-state index in [-0.39, 0.29) is 12.4 Å². The van der Waals surface area contributed by atoms with Gasteiger partial charge < -0.3 is 19.5 Å². The molecule has 160 valence electrons. The van der Waals surface area contributed by atoms with Crippen LogP contribution in [-0.4, -0.2) is 76.8 Å². The SMILES string of the molecule is CC1(C)CC(=O)c2ccc(OCC(O)CN3CCN(c4ncccn4)CC3)cc2O1. The molecule has 3 heterocycles. The van der Waals surface area contributed by atoms with Crippen molar-refractivity contribution in [2.24, 2.45) is 0 Å². The highest BCUT2D eigenvalue weighted by molar-refractivity contribution is 6.00. The lowest BCUT2D eigenvalue weighted by Crippen LogP contribution is -2.49. The molecular formula is C22H28N4O4. The van der Waals surface area contributed by atoms with Crippen LogP contribution < -0.4 is 14.4 Å². The molecule has 4 rings (SSSR count). The smallest absolute Gasteiger partial charge is 0.225 e. The maximum absolute atomic E-state index is 12.2. The molecule has 1 unspecified atom stereocenters. The summed E-state index contributed by atoms with van der Waals surface area (Å²) in [6, 6.07) is 7.03. The first-order valence-electron chi connectivity index (χ1n) is 10.3. The summed E-state index contributed by atoms with van der Waals surface area (Å²) in [7, 11) is 0. The number of aliphatic hydroxyl groups is 1. The van der Waals surface area contributed by atoms with Gasteiger partial charge in [-0.15, -0.1) is 0 Å². The van der Waals surface area contributed by atoms with Crippen molar-refractivity contribution in [3.8, 4) is 11.5 Å². The summed E-state index contributed by atoms with van der Waals surface area (Å²) in [6.45, 7) is 7.82. The zero-order chi connectivity index (χ0) is 21.1. The van der Waals surface area contributed by atoms with Gasteiger partial charge in [-0.2, -0.15) is 0 Å². The summed E-state index contributed by atoms with van der Waals surface area (Å²) in [5.74, 6) is 1.96. The van der Waals surface area contributed by atoms with Crippen LogP contribution in [0.25, 0.3) is 0 Å². The Bertz CT molecular complexity index is 882. The van der Waals surface area contributed by atoms with Crippen LogP contribution >= 0.6 is 0 Å². The fraction of sp³-hybridized carbons (Fsp3) is 0.500. The van der Waals surface area contributed by atoms with Gasteiger partial charge in [0.2, 0.25) is 5.95 Å². The molecule has 2 aliphatic heterocycles. The van der Waals surface area contributed by atoms with Gasteiger partial charge in [0.15, 0.2) is 5.78 Å². The lowest BCUT2D eigenvalue weighted by molar-refractivity contribution is 0.0596. The second-order valence-corrected chi connectivity index (χ2v) is 8.42. The van der Waals surface area contributed by atoms with Crippen LogP contribution in [0.15, 0.2) is 36.7 Å². The maximum atomic E-state index is 12.2. The van der Waals surface area contributed by atoms with E-state index >= 15 is 0 Å². The van der Waals surface area contributed by atoms with Crippen molar-refractivity contribution in [3.05, 3.63) is 42.2 Å². The molecule has 1 atom stereocenters. The normalized spacial score (nSPS) is 19.7. The lowest BCUT2D eigenvalue weighted by atomic mass is 9.93. The van der Waals surface area contributed by atoms with E-state index in [9.17, 15) is 9.90 Å². The molecule has 30 heavy (non-hydrogen) atoms. The van der Waals surface area contributed by atoms with Crippen molar-refractivity contribution in [1.29, 1.82) is 0 Å². The van der Waals surface area contributed by atoms with Crippen LogP contribution in [0.1, 0.15) is 30.6 Å². The van der Waals surface area contributed by atoms with E-state index in [0.717, 1.165) is 32.1 Å². The first-order valence-corrected chi connectivity index (χ1v) is 10.3. The molecule has 0 radical (unpaired) electrons. The molecule has 1 N–H and O–H groups in total. The van der Waals surface area contributed by atoms with Crippen LogP contribution in [0.2, 0.25) is 0 Å². The molecule has 8 nitrogen and oxygen atoms in total. The van der Waals surface area contributed by atoms with E-state index in [4.69, 9.17) is 9.47 Å². The largest absolute Gasteiger partial charge is 0.491 e. The Morgan fingerprint density at radius 2 is 1.93 bits per heavy atom. The van der Waals surface area contributed by atoms with Crippen LogP contribution in [0, 0.1) is 0 Å². The number of ketones is 1. The number of piperazine rings is 1. The molecule has 1 aromatic heterocycles. The molecule has 1 saturated heterocycles. The number of rotatable bonds is 6. The zero-order valence-electron chi connectivity index (χ0n) is 17.5. The van der Waals surface area contributed by atoms with Crippen molar-refractivity contribution in [1.82, 2.24) is 14.9 Å². The van der Waals surface area contributed by atoms with Crippen LogP contribution in [-0.2, 0) is 0 Å². The minimum Gasteiger partial charge on any atom is -0.491 e. The molecule has 0 spiro atoms. The lowest BCUT2D eigenvalue weighted by Gasteiger charge is -2.35. The molecule has 8 heteroatoms. The van der Waals surface area contributed by atoms with Gasteiger partial charge in [-0.05, 0) is 32.0 Å². The fourth-order valence-electron chi connectivity index (χ4n) is 3.85. The van der Waals surface area contributed by atoms with E-state index in [2.05, 4.69) is 19.8 Å². The van der Waals surface area contributed by atoms with Gasteiger partial charge >= 0.3 is 0 Å². The predicted molar refractivity (Wildman–Crippen MR) is 112 cm³/mol. The number of nitrogens with zero attached hydrogens (tertiary/aromatic N) is 4. The fourth-order valence-corrected chi connectivity index (χ4v) is 3.85. The number of carbonyl (C=O) groups is 1. The Kier molecular flexibility index (Phi) is 5.87. The van der Waals surface area contributed by atoms with Gasteiger partial charge in [-0.25, -0.2) is 9.97 Å². The Balaban J connectivity index is 1.26. The third kappa shape index (κ3) is 4.88. The highest BCUT2D eigenvalue weighted by atomic mass is 16.5. The highest BCUT2D eigenvalue weighted by Crippen LogP contribution is 2.35. The number of anilines is 1. The number of fused-ring (bicyclic) bond motifs is 1. The minimum absolute atomic E-state index is 0.0767. The Morgan fingerprint density at radius 3 is 2.67 bits per heavy atom. The number of hydrogen-bond donors (Lipinski definition) is 1. The summed E-state index contributed by atoms with van der Waals surface area (Å²) in [5, 5.41) is 10.4. The number of β-amino-alcohol motifs (C(OH)–C–C–N with tert-alkyl or cyclic N) is 1. The number of hydrogen-bond acceptors (Lipinski definition) is 8. The second kappa shape index (κ2) is 8.57. The number of Topliss-reactive ketones (excluding diaryl/α,β-unsaturated/α-hetero) is 1. The van der Waals surface area contributed by atoms with E-state index in [1.807, 2.05) is 19.9 Å². The molecular weight excluding hydrogens is 384 g/mol. The molecule has 2 aliphatic rings.